The SMILES string of the molecule is CC1=NN(c2ccccc2)C(=O)C1C(=O)c1ccccc1.CC1=NN(c2ccccc2Cl)C(=O)C1. The summed E-state index contributed by atoms with van der Waals surface area (Å²) in [5, 5.41) is 11.6. The van der Waals surface area contributed by atoms with Crippen LogP contribution in [0.2, 0.25) is 5.02 Å². The predicted octanol–water partition coefficient (Wildman–Crippen LogP) is 5.36. The van der Waals surface area contributed by atoms with Crippen LogP contribution in [0.3, 0.4) is 0 Å². The Morgan fingerprint density at radius 3 is 2.03 bits per heavy atom. The highest BCUT2D eigenvalue weighted by atomic mass is 35.5. The molecular formula is C27H23ClN4O3. The number of para-hydroxylation sites is 2. The van der Waals surface area contributed by atoms with Gasteiger partial charge in [-0.25, -0.2) is 0 Å². The van der Waals surface area contributed by atoms with Crippen LogP contribution < -0.4 is 10.0 Å². The van der Waals surface area contributed by atoms with Crippen LogP contribution in [-0.2, 0) is 9.59 Å². The Labute approximate surface area is 208 Å². The van der Waals surface area contributed by atoms with Crippen molar-refractivity contribution < 1.29 is 14.4 Å². The van der Waals surface area contributed by atoms with E-state index in [0.29, 0.717) is 34.1 Å². The molecule has 1 unspecified atom stereocenters. The van der Waals surface area contributed by atoms with E-state index in [1.165, 1.54) is 10.0 Å². The summed E-state index contributed by atoms with van der Waals surface area (Å²) in [4.78, 5) is 36.5. The van der Waals surface area contributed by atoms with E-state index in [-0.39, 0.29) is 17.6 Å². The van der Waals surface area contributed by atoms with Crippen molar-refractivity contribution in [1.82, 2.24) is 0 Å². The molecule has 2 aliphatic heterocycles. The van der Waals surface area contributed by atoms with E-state index < -0.39 is 5.92 Å². The van der Waals surface area contributed by atoms with Crippen LogP contribution in [0.1, 0.15) is 30.6 Å². The minimum atomic E-state index is -0.826. The summed E-state index contributed by atoms with van der Waals surface area (Å²) < 4.78 is 0. The molecule has 2 heterocycles. The highest BCUT2D eigenvalue weighted by molar-refractivity contribution is 6.34. The average molecular weight is 487 g/mol. The molecule has 7 nitrogen and oxygen atoms in total. The lowest BCUT2D eigenvalue weighted by atomic mass is 9.94. The minimum absolute atomic E-state index is 0.0319. The Morgan fingerprint density at radius 2 is 1.43 bits per heavy atom. The molecule has 35 heavy (non-hydrogen) atoms. The van der Waals surface area contributed by atoms with Gasteiger partial charge in [-0.3, -0.25) is 14.4 Å². The second-order valence-electron chi connectivity index (χ2n) is 8.06. The molecule has 5 rings (SSSR count). The largest absolute Gasteiger partial charge is 0.293 e. The molecule has 3 aromatic rings. The molecule has 176 valence electrons. The van der Waals surface area contributed by atoms with Gasteiger partial charge in [0.2, 0.25) is 0 Å². The van der Waals surface area contributed by atoms with E-state index in [9.17, 15) is 14.4 Å². The molecule has 0 aliphatic carbocycles. The second kappa shape index (κ2) is 10.4. The van der Waals surface area contributed by atoms with Crippen LogP contribution in [0.25, 0.3) is 0 Å². The number of anilines is 2. The predicted molar refractivity (Wildman–Crippen MR) is 138 cm³/mol. The summed E-state index contributed by atoms with van der Waals surface area (Å²) in [6, 6.07) is 25.1. The minimum Gasteiger partial charge on any atom is -0.293 e. The van der Waals surface area contributed by atoms with Crippen molar-refractivity contribution in [2.24, 2.45) is 16.1 Å². The molecule has 0 N–H and O–H groups in total. The first kappa shape index (κ1) is 24.0. The van der Waals surface area contributed by atoms with Gasteiger partial charge in [-0.1, -0.05) is 72.3 Å². The molecule has 3 aromatic carbocycles. The molecule has 0 fully saturated rings. The van der Waals surface area contributed by atoms with E-state index in [2.05, 4.69) is 10.2 Å². The number of rotatable bonds is 4. The number of Topliss-reactive ketones (excluding diaryl/α,β-unsaturated/α-hetero) is 1. The van der Waals surface area contributed by atoms with Gasteiger partial charge in [-0.15, -0.1) is 0 Å². The number of halogens is 1. The Balaban J connectivity index is 0.000000179. The Morgan fingerprint density at radius 1 is 0.829 bits per heavy atom. The second-order valence-corrected chi connectivity index (χ2v) is 8.47. The van der Waals surface area contributed by atoms with Crippen molar-refractivity contribution in [3.63, 3.8) is 0 Å². The summed E-state index contributed by atoms with van der Waals surface area (Å²) >= 11 is 5.95. The van der Waals surface area contributed by atoms with E-state index in [1.54, 1.807) is 55.5 Å². The molecule has 0 saturated carbocycles. The third-order valence-corrected chi connectivity index (χ3v) is 5.77. The Bertz CT molecular complexity index is 1320. The lowest BCUT2D eigenvalue weighted by Crippen LogP contribution is -2.32. The van der Waals surface area contributed by atoms with Crippen molar-refractivity contribution in [3.05, 3.63) is 95.5 Å². The van der Waals surface area contributed by atoms with Crippen LogP contribution in [0.5, 0.6) is 0 Å². The Kier molecular flexibility index (Phi) is 7.17. The highest BCUT2D eigenvalue weighted by Crippen LogP contribution is 2.28. The van der Waals surface area contributed by atoms with E-state index in [0.717, 1.165) is 5.71 Å². The van der Waals surface area contributed by atoms with Crippen LogP contribution in [0, 0.1) is 5.92 Å². The summed E-state index contributed by atoms with van der Waals surface area (Å²) in [5.74, 6) is -1.36. The van der Waals surface area contributed by atoms with E-state index in [1.807, 2.05) is 43.3 Å². The standard InChI is InChI=1S/C17H14N2O2.C10H9ClN2O/c1-12-15(16(20)13-8-4-2-5-9-13)17(21)19(18-12)14-10-6-3-7-11-14;1-7-6-10(14)13(12-7)9-5-3-2-4-8(9)11/h2-11,15H,1H3;2-5H,6H2,1H3. The van der Waals surface area contributed by atoms with Gasteiger partial charge >= 0.3 is 0 Å². The zero-order chi connectivity index (χ0) is 24.9. The van der Waals surface area contributed by atoms with Crippen LogP contribution >= 0.6 is 11.6 Å². The summed E-state index contributed by atoms with van der Waals surface area (Å²) in [6.45, 7) is 3.54. The molecular weight excluding hydrogens is 464 g/mol. The molecule has 0 saturated heterocycles. The fourth-order valence-corrected chi connectivity index (χ4v) is 3.97. The number of benzene rings is 3. The van der Waals surface area contributed by atoms with E-state index >= 15 is 0 Å². The maximum absolute atomic E-state index is 12.5. The maximum atomic E-state index is 12.5. The van der Waals surface area contributed by atoms with Crippen LogP contribution in [0.4, 0.5) is 11.4 Å². The van der Waals surface area contributed by atoms with Crippen LogP contribution in [-0.4, -0.2) is 29.0 Å². The lowest BCUT2D eigenvalue weighted by molar-refractivity contribution is -0.119. The molecule has 0 bridgehead atoms. The monoisotopic (exact) mass is 486 g/mol. The summed E-state index contributed by atoms with van der Waals surface area (Å²) in [6.07, 6.45) is 0.380. The smallest absolute Gasteiger partial charge is 0.264 e. The van der Waals surface area contributed by atoms with Gasteiger partial charge in [-0.05, 0) is 38.1 Å². The third-order valence-electron chi connectivity index (χ3n) is 5.45. The van der Waals surface area contributed by atoms with Crippen molar-refractivity contribution in [3.8, 4) is 0 Å². The summed E-state index contributed by atoms with van der Waals surface area (Å²) in [5.41, 5.74) is 3.19. The quantitative estimate of drug-likeness (QED) is 0.367. The number of nitrogens with zero attached hydrogens (tertiary/aromatic N) is 4. The van der Waals surface area contributed by atoms with Gasteiger partial charge < -0.3 is 0 Å². The van der Waals surface area contributed by atoms with Crippen LogP contribution in [0.15, 0.2) is 95.1 Å². The zero-order valence-corrected chi connectivity index (χ0v) is 20.0. The third kappa shape index (κ3) is 5.20. The zero-order valence-electron chi connectivity index (χ0n) is 19.3. The molecule has 0 spiro atoms. The van der Waals surface area contributed by atoms with Gasteiger partial charge in [-0.2, -0.15) is 20.2 Å². The average Bonchev–Trinajstić information content (AvgIpc) is 3.37. The highest BCUT2D eigenvalue weighted by Gasteiger charge is 2.39. The number of hydrogen-bond donors (Lipinski definition) is 0. The van der Waals surface area contributed by atoms with Crippen molar-refractivity contribution in [2.75, 3.05) is 10.0 Å². The van der Waals surface area contributed by atoms with Crippen molar-refractivity contribution >= 4 is 52.0 Å². The van der Waals surface area contributed by atoms with Crippen molar-refractivity contribution in [2.45, 2.75) is 20.3 Å². The number of carbonyl (C=O) groups is 3. The first-order chi connectivity index (χ1) is 16.9. The maximum Gasteiger partial charge on any atom is 0.264 e. The summed E-state index contributed by atoms with van der Waals surface area (Å²) in [7, 11) is 0. The number of hydrogen-bond acceptors (Lipinski definition) is 5. The lowest BCUT2D eigenvalue weighted by Gasteiger charge is -2.13. The molecule has 0 radical (unpaired) electrons. The number of carbonyl (C=O) groups excluding carboxylic acids is 3. The fourth-order valence-electron chi connectivity index (χ4n) is 3.76. The van der Waals surface area contributed by atoms with Gasteiger partial charge in [0.15, 0.2) is 5.78 Å². The topological polar surface area (TPSA) is 82.4 Å². The van der Waals surface area contributed by atoms with E-state index in [4.69, 9.17) is 11.6 Å². The number of amides is 2. The first-order valence-electron chi connectivity index (χ1n) is 11.0. The Hall–Kier alpha value is -4.10. The number of hydrazone groups is 2. The molecule has 0 aromatic heterocycles. The molecule has 8 heteroatoms. The fraction of sp³-hybridized carbons (Fsp3) is 0.148. The van der Waals surface area contributed by atoms with Crippen molar-refractivity contribution in [1.29, 1.82) is 0 Å². The molecule has 2 aliphatic rings. The number of ketones is 1. The first-order valence-corrected chi connectivity index (χ1v) is 11.4. The van der Waals surface area contributed by atoms with Gasteiger partial charge in [0.05, 0.1) is 28.5 Å². The van der Waals surface area contributed by atoms with Gasteiger partial charge in [0.1, 0.15) is 5.92 Å². The van der Waals surface area contributed by atoms with Gasteiger partial charge in [0, 0.05) is 11.3 Å². The molecule has 1 atom stereocenters. The molecule has 2 amide bonds. The van der Waals surface area contributed by atoms with Gasteiger partial charge in [0.25, 0.3) is 11.8 Å². The normalized spacial score (nSPS) is 17.1.